The molecule has 5 rings (SSSR count). The van der Waals surface area contributed by atoms with Crippen molar-refractivity contribution in [1.29, 1.82) is 0 Å². The number of amides is 2. The van der Waals surface area contributed by atoms with E-state index in [1.165, 1.54) is 5.56 Å². The van der Waals surface area contributed by atoms with E-state index in [1.54, 1.807) is 6.92 Å². The van der Waals surface area contributed by atoms with Gasteiger partial charge in [-0.1, -0.05) is 54.6 Å². The standard InChI is InChI=1S/C29H31N3O2.ClH/c1-20(33)32-17-15-26(16-18-32)30-28-19-27(28)23-11-13-25(14-12-23)31-29(34)24-9-7-22(8-10-24)21-5-3-2-4-6-21;/h2-14,26-28,30H,15-19H2,1H3,(H,31,34);1H/t27-,28+;/m0./s1. The Bertz CT molecular complexity index is 1140. The highest BCUT2D eigenvalue weighted by Gasteiger charge is 2.39. The molecule has 0 spiro atoms. The van der Waals surface area contributed by atoms with Crippen LogP contribution in [0.25, 0.3) is 11.1 Å². The van der Waals surface area contributed by atoms with Gasteiger partial charge in [0, 0.05) is 49.3 Å². The normalized spacial score (nSPS) is 19.5. The zero-order valence-corrected chi connectivity index (χ0v) is 20.8. The molecular weight excluding hydrogens is 458 g/mol. The van der Waals surface area contributed by atoms with Crippen LogP contribution in [0.15, 0.2) is 78.9 Å². The van der Waals surface area contributed by atoms with Crippen molar-refractivity contribution in [2.24, 2.45) is 0 Å². The fourth-order valence-corrected chi connectivity index (χ4v) is 4.87. The van der Waals surface area contributed by atoms with Crippen molar-refractivity contribution in [1.82, 2.24) is 10.2 Å². The first kappa shape index (κ1) is 25.0. The molecule has 2 amide bonds. The van der Waals surface area contributed by atoms with Crippen LogP contribution in [-0.4, -0.2) is 41.9 Å². The summed E-state index contributed by atoms with van der Waals surface area (Å²) in [5.74, 6) is 0.607. The number of carbonyl (C=O) groups excluding carboxylic acids is 2. The predicted octanol–water partition coefficient (Wildman–Crippen LogP) is 5.48. The molecule has 1 aliphatic carbocycles. The molecule has 0 unspecified atom stereocenters. The Morgan fingerprint density at radius 1 is 0.829 bits per heavy atom. The molecule has 3 aromatic carbocycles. The van der Waals surface area contributed by atoms with Gasteiger partial charge in [-0.3, -0.25) is 9.59 Å². The molecule has 6 heteroatoms. The van der Waals surface area contributed by atoms with E-state index >= 15 is 0 Å². The highest BCUT2D eigenvalue weighted by Crippen LogP contribution is 2.41. The lowest BCUT2D eigenvalue weighted by atomic mass is 10.0. The molecule has 0 radical (unpaired) electrons. The number of piperidine rings is 1. The first-order chi connectivity index (χ1) is 16.6. The third kappa shape index (κ3) is 6.11. The molecule has 2 atom stereocenters. The Hall–Kier alpha value is -3.15. The summed E-state index contributed by atoms with van der Waals surface area (Å²) in [5.41, 5.74) is 5.00. The van der Waals surface area contributed by atoms with E-state index in [2.05, 4.69) is 34.9 Å². The maximum absolute atomic E-state index is 12.7. The van der Waals surface area contributed by atoms with Crippen molar-refractivity contribution >= 4 is 29.9 Å². The van der Waals surface area contributed by atoms with Crippen LogP contribution in [0.3, 0.4) is 0 Å². The van der Waals surface area contributed by atoms with E-state index in [0.29, 0.717) is 23.6 Å². The molecule has 182 valence electrons. The third-order valence-corrected chi connectivity index (χ3v) is 7.03. The number of anilines is 1. The molecule has 2 fully saturated rings. The number of nitrogens with zero attached hydrogens (tertiary/aromatic N) is 1. The largest absolute Gasteiger partial charge is 0.343 e. The van der Waals surface area contributed by atoms with Gasteiger partial charge in [-0.2, -0.15) is 0 Å². The van der Waals surface area contributed by atoms with Crippen LogP contribution in [0.4, 0.5) is 5.69 Å². The van der Waals surface area contributed by atoms with Crippen LogP contribution in [0.5, 0.6) is 0 Å². The average Bonchev–Trinajstić information content (AvgIpc) is 3.64. The Morgan fingerprint density at radius 2 is 1.46 bits per heavy atom. The number of likely N-dealkylation sites (tertiary alicyclic amines) is 1. The van der Waals surface area contributed by atoms with E-state index in [1.807, 2.05) is 59.5 Å². The second-order valence-electron chi connectivity index (χ2n) is 9.42. The summed E-state index contributed by atoms with van der Waals surface area (Å²) in [5, 5.41) is 6.79. The van der Waals surface area contributed by atoms with Crippen molar-refractivity contribution in [2.75, 3.05) is 18.4 Å². The fourth-order valence-electron chi connectivity index (χ4n) is 4.87. The van der Waals surface area contributed by atoms with Gasteiger partial charge in [-0.25, -0.2) is 0 Å². The summed E-state index contributed by atoms with van der Waals surface area (Å²) in [6.07, 6.45) is 3.20. The van der Waals surface area contributed by atoms with E-state index in [0.717, 1.165) is 49.2 Å². The van der Waals surface area contributed by atoms with Gasteiger partial charge in [0.05, 0.1) is 0 Å². The third-order valence-electron chi connectivity index (χ3n) is 7.03. The predicted molar refractivity (Wildman–Crippen MR) is 143 cm³/mol. The molecule has 2 N–H and O–H groups in total. The second-order valence-corrected chi connectivity index (χ2v) is 9.42. The van der Waals surface area contributed by atoms with Gasteiger partial charge in [0.1, 0.15) is 0 Å². The first-order valence-electron chi connectivity index (χ1n) is 12.2. The van der Waals surface area contributed by atoms with Crippen LogP contribution in [0.2, 0.25) is 0 Å². The minimum atomic E-state index is -0.102. The lowest BCUT2D eigenvalue weighted by molar-refractivity contribution is -0.129. The molecule has 35 heavy (non-hydrogen) atoms. The Kier molecular flexibility index (Phi) is 7.89. The SMILES string of the molecule is CC(=O)N1CCC(N[C@@H]2C[C@H]2c2ccc(NC(=O)c3ccc(-c4ccccc4)cc3)cc2)CC1.Cl. The summed E-state index contributed by atoms with van der Waals surface area (Å²) >= 11 is 0. The zero-order chi connectivity index (χ0) is 23.5. The summed E-state index contributed by atoms with van der Waals surface area (Å²) in [7, 11) is 0. The van der Waals surface area contributed by atoms with Crippen LogP contribution in [0.1, 0.15) is 48.0 Å². The van der Waals surface area contributed by atoms with Crippen LogP contribution in [-0.2, 0) is 4.79 Å². The summed E-state index contributed by atoms with van der Waals surface area (Å²) in [4.78, 5) is 26.1. The number of nitrogens with one attached hydrogen (secondary N) is 2. The summed E-state index contributed by atoms with van der Waals surface area (Å²) in [6, 6.07) is 27.1. The molecule has 0 aromatic heterocycles. The molecule has 5 nitrogen and oxygen atoms in total. The number of hydrogen-bond donors (Lipinski definition) is 2. The van der Waals surface area contributed by atoms with Gasteiger partial charge < -0.3 is 15.5 Å². The van der Waals surface area contributed by atoms with Crippen molar-refractivity contribution in [3.05, 3.63) is 90.0 Å². The number of benzene rings is 3. The van der Waals surface area contributed by atoms with E-state index in [-0.39, 0.29) is 24.2 Å². The number of carbonyl (C=O) groups is 2. The van der Waals surface area contributed by atoms with Crippen molar-refractivity contribution in [3.63, 3.8) is 0 Å². The summed E-state index contributed by atoms with van der Waals surface area (Å²) < 4.78 is 0. The quantitative estimate of drug-likeness (QED) is 0.481. The van der Waals surface area contributed by atoms with Crippen LogP contribution < -0.4 is 10.6 Å². The van der Waals surface area contributed by atoms with Gasteiger partial charge in [-0.15, -0.1) is 12.4 Å². The number of hydrogen-bond acceptors (Lipinski definition) is 3. The monoisotopic (exact) mass is 489 g/mol. The molecule has 3 aromatic rings. The molecule has 2 aliphatic rings. The molecule has 1 saturated carbocycles. The van der Waals surface area contributed by atoms with Gasteiger partial charge in [0.25, 0.3) is 5.91 Å². The average molecular weight is 490 g/mol. The highest BCUT2D eigenvalue weighted by atomic mass is 35.5. The van der Waals surface area contributed by atoms with E-state index in [4.69, 9.17) is 0 Å². The number of halogens is 1. The highest BCUT2D eigenvalue weighted by molar-refractivity contribution is 6.04. The Labute approximate surface area is 213 Å². The van der Waals surface area contributed by atoms with Crippen molar-refractivity contribution in [2.45, 2.75) is 44.2 Å². The minimum absolute atomic E-state index is 0. The Morgan fingerprint density at radius 3 is 2.09 bits per heavy atom. The zero-order valence-electron chi connectivity index (χ0n) is 19.9. The maximum atomic E-state index is 12.7. The van der Waals surface area contributed by atoms with Crippen LogP contribution in [0, 0.1) is 0 Å². The Balaban J connectivity index is 0.00000289. The molecule has 1 saturated heterocycles. The van der Waals surface area contributed by atoms with Crippen molar-refractivity contribution < 1.29 is 9.59 Å². The lowest BCUT2D eigenvalue weighted by Gasteiger charge is -2.32. The van der Waals surface area contributed by atoms with Gasteiger partial charge in [0.2, 0.25) is 5.91 Å². The second kappa shape index (κ2) is 11.1. The molecule has 0 bridgehead atoms. The van der Waals surface area contributed by atoms with Gasteiger partial charge in [-0.05, 0) is 60.2 Å². The molecular formula is C29H32ClN3O2. The first-order valence-corrected chi connectivity index (χ1v) is 12.2. The maximum Gasteiger partial charge on any atom is 0.255 e. The van der Waals surface area contributed by atoms with Crippen molar-refractivity contribution in [3.8, 4) is 11.1 Å². The topological polar surface area (TPSA) is 61.4 Å². The smallest absolute Gasteiger partial charge is 0.255 e. The van der Waals surface area contributed by atoms with Gasteiger partial charge in [0.15, 0.2) is 0 Å². The van der Waals surface area contributed by atoms with Crippen LogP contribution >= 0.6 is 12.4 Å². The molecule has 1 heterocycles. The molecule has 1 aliphatic heterocycles. The minimum Gasteiger partial charge on any atom is -0.343 e. The van der Waals surface area contributed by atoms with Gasteiger partial charge >= 0.3 is 0 Å². The fraction of sp³-hybridized carbons (Fsp3) is 0.310. The summed E-state index contributed by atoms with van der Waals surface area (Å²) in [6.45, 7) is 3.36. The lowest BCUT2D eigenvalue weighted by Crippen LogP contribution is -2.45. The number of rotatable bonds is 6. The van der Waals surface area contributed by atoms with E-state index < -0.39 is 0 Å². The van der Waals surface area contributed by atoms with E-state index in [9.17, 15) is 9.59 Å².